The number of para-hydroxylation sites is 1. The van der Waals surface area contributed by atoms with Crippen molar-refractivity contribution >= 4 is 0 Å². The van der Waals surface area contributed by atoms with Crippen LogP contribution in [0.2, 0.25) is 0 Å². The SMILES string of the molecule is CCc1cccc([C@@H](N)CC#N)c1O. The van der Waals surface area contributed by atoms with Gasteiger partial charge in [-0.05, 0) is 12.0 Å². The third-order valence-corrected chi connectivity index (χ3v) is 2.24. The molecule has 0 bridgehead atoms. The largest absolute Gasteiger partial charge is 0.507 e. The molecule has 0 unspecified atom stereocenters. The lowest BCUT2D eigenvalue weighted by Crippen LogP contribution is -2.09. The van der Waals surface area contributed by atoms with E-state index in [1.54, 1.807) is 6.07 Å². The Kier molecular flexibility index (Phi) is 3.49. The van der Waals surface area contributed by atoms with Crippen molar-refractivity contribution in [3.63, 3.8) is 0 Å². The van der Waals surface area contributed by atoms with Crippen molar-refractivity contribution in [1.29, 1.82) is 5.26 Å². The van der Waals surface area contributed by atoms with Gasteiger partial charge in [-0.25, -0.2) is 0 Å². The number of aromatic hydroxyl groups is 1. The van der Waals surface area contributed by atoms with Crippen molar-refractivity contribution in [2.24, 2.45) is 5.73 Å². The molecule has 0 aliphatic heterocycles. The van der Waals surface area contributed by atoms with Crippen LogP contribution in [0.15, 0.2) is 18.2 Å². The summed E-state index contributed by atoms with van der Waals surface area (Å²) in [6.07, 6.45) is 0.986. The molecule has 0 saturated carbocycles. The van der Waals surface area contributed by atoms with Gasteiger partial charge < -0.3 is 10.8 Å². The number of phenolic OH excluding ortho intramolecular Hbond substituents is 1. The van der Waals surface area contributed by atoms with Crippen molar-refractivity contribution in [1.82, 2.24) is 0 Å². The number of aryl methyl sites for hydroxylation is 1. The Hall–Kier alpha value is -1.53. The lowest BCUT2D eigenvalue weighted by atomic mass is 10.00. The second kappa shape index (κ2) is 4.64. The topological polar surface area (TPSA) is 70.0 Å². The van der Waals surface area contributed by atoms with Gasteiger partial charge in [0.2, 0.25) is 0 Å². The summed E-state index contributed by atoms with van der Waals surface area (Å²) in [6, 6.07) is 7.07. The fourth-order valence-electron chi connectivity index (χ4n) is 1.40. The number of phenols is 1. The van der Waals surface area contributed by atoms with Crippen LogP contribution >= 0.6 is 0 Å². The van der Waals surface area contributed by atoms with Gasteiger partial charge >= 0.3 is 0 Å². The van der Waals surface area contributed by atoms with E-state index in [9.17, 15) is 5.11 Å². The molecule has 0 heterocycles. The van der Waals surface area contributed by atoms with Gasteiger partial charge in [-0.3, -0.25) is 0 Å². The smallest absolute Gasteiger partial charge is 0.123 e. The van der Waals surface area contributed by atoms with Gasteiger partial charge in [-0.15, -0.1) is 0 Å². The zero-order chi connectivity index (χ0) is 10.6. The lowest BCUT2D eigenvalue weighted by molar-refractivity contribution is 0.455. The van der Waals surface area contributed by atoms with Crippen LogP contribution in [0.3, 0.4) is 0 Å². The van der Waals surface area contributed by atoms with Gasteiger partial charge in [0.1, 0.15) is 5.75 Å². The normalized spacial score (nSPS) is 12.1. The molecule has 14 heavy (non-hydrogen) atoms. The minimum Gasteiger partial charge on any atom is -0.507 e. The average molecular weight is 190 g/mol. The second-order valence-corrected chi connectivity index (χ2v) is 3.18. The molecule has 3 N–H and O–H groups in total. The first-order valence-electron chi connectivity index (χ1n) is 4.64. The van der Waals surface area contributed by atoms with Crippen LogP contribution < -0.4 is 5.73 Å². The van der Waals surface area contributed by atoms with E-state index in [0.29, 0.717) is 5.56 Å². The molecule has 0 amide bonds. The minimum atomic E-state index is -0.397. The number of rotatable bonds is 3. The molecule has 1 atom stereocenters. The Balaban J connectivity index is 3.04. The highest BCUT2D eigenvalue weighted by Gasteiger charge is 2.12. The van der Waals surface area contributed by atoms with Crippen molar-refractivity contribution in [2.45, 2.75) is 25.8 Å². The van der Waals surface area contributed by atoms with Gasteiger partial charge in [0.05, 0.1) is 12.5 Å². The Bertz CT molecular complexity index is 355. The van der Waals surface area contributed by atoms with E-state index in [2.05, 4.69) is 0 Å². The Morgan fingerprint density at radius 3 is 2.86 bits per heavy atom. The maximum absolute atomic E-state index is 9.80. The van der Waals surface area contributed by atoms with Crippen LogP contribution in [0.4, 0.5) is 0 Å². The Morgan fingerprint density at radius 1 is 1.57 bits per heavy atom. The van der Waals surface area contributed by atoms with Gasteiger partial charge in [0.15, 0.2) is 0 Å². The summed E-state index contributed by atoms with van der Waals surface area (Å²) in [4.78, 5) is 0. The van der Waals surface area contributed by atoms with Crippen molar-refractivity contribution in [3.8, 4) is 11.8 Å². The zero-order valence-electron chi connectivity index (χ0n) is 8.20. The first-order chi connectivity index (χ1) is 6.70. The molecule has 1 aromatic rings. The van der Waals surface area contributed by atoms with Gasteiger partial charge in [0, 0.05) is 11.6 Å². The highest BCUT2D eigenvalue weighted by Crippen LogP contribution is 2.28. The molecule has 3 nitrogen and oxygen atoms in total. The predicted molar refractivity (Wildman–Crippen MR) is 54.6 cm³/mol. The summed E-state index contributed by atoms with van der Waals surface area (Å²) in [5.41, 5.74) is 7.28. The molecule has 0 saturated heterocycles. The molecule has 0 aromatic heterocycles. The summed E-state index contributed by atoms with van der Waals surface area (Å²) in [7, 11) is 0. The molecule has 0 radical (unpaired) electrons. The van der Waals surface area contributed by atoms with Crippen molar-refractivity contribution in [3.05, 3.63) is 29.3 Å². The van der Waals surface area contributed by atoms with E-state index in [1.807, 2.05) is 25.1 Å². The van der Waals surface area contributed by atoms with E-state index < -0.39 is 6.04 Å². The van der Waals surface area contributed by atoms with Crippen LogP contribution in [0, 0.1) is 11.3 Å². The third kappa shape index (κ3) is 2.04. The summed E-state index contributed by atoms with van der Waals surface area (Å²) in [6.45, 7) is 1.97. The third-order valence-electron chi connectivity index (χ3n) is 2.24. The maximum Gasteiger partial charge on any atom is 0.123 e. The Labute approximate surface area is 83.8 Å². The van der Waals surface area contributed by atoms with Crippen LogP contribution in [0.1, 0.15) is 30.5 Å². The number of nitrogens with two attached hydrogens (primary N) is 1. The monoisotopic (exact) mass is 190 g/mol. The number of nitriles is 1. The van der Waals surface area contributed by atoms with E-state index in [1.165, 1.54) is 0 Å². The predicted octanol–water partition coefficient (Wildman–Crippen LogP) is 1.87. The molecule has 0 fully saturated rings. The average Bonchev–Trinajstić information content (AvgIpc) is 2.18. The summed E-state index contributed by atoms with van der Waals surface area (Å²) >= 11 is 0. The fraction of sp³-hybridized carbons (Fsp3) is 0.364. The van der Waals surface area contributed by atoms with Crippen LogP contribution in [0.5, 0.6) is 5.75 Å². The van der Waals surface area contributed by atoms with E-state index in [0.717, 1.165) is 12.0 Å². The summed E-state index contributed by atoms with van der Waals surface area (Å²) in [5, 5.41) is 18.3. The van der Waals surface area contributed by atoms with Gasteiger partial charge in [-0.1, -0.05) is 25.1 Å². The molecule has 0 aliphatic carbocycles. The molecule has 1 rings (SSSR count). The lowest BCUT2D eigenvalue weighted by Gasteiger charge is -2.12. The van der Waals surface area contributed by atoms with E-state index >= 15 is 0 Å². The molecule has 74 valence electrons. The number of hydrogen-bond donors (Lipinski definition) is 2. The first-order valence-corrected chi connectivity index (χ1v) is 4.64. The molecule has 0 spiro atoms. The number of benzene rings is 1. The summed E-state index contributed by atoms with van der Waals surface area (Å²) < 4.78 is 0. The highest BCUT2D eigenvalue weighted by molar-refractivity contribution is 5.42. The summed E-state index contributed by atoms with van der Waals surface area (Å²) in [5.74, 6) is 0.234. The molecule has 1 aromatic carbocycles. The number of hydrogen-bond acceptors (Lipinski definition) is 3. The molecular weight excluding hydrogens is 176 g/mol. The van der Waals surface area contributed by atoms with E-state index in [4.69, 9.17) is 11.0 Å². The first kappa shape index (κ1) is 10.6. The van der Waals surface area contributed by atoms with Crippen molar-refractivity contribution < 1.29 is 5.11 Å². The van der Waals surface area contributed by atoms with E-state index in [-0.39, 0.29) is 12.2 Å². The Morgan fingerprint density at radius 2 is 2.29 bits per heavy atom. The second-order valence-electron chi connectivity index (χ2n) is 3.18. The van der Waals surface area contributed by atoms with Gasteiger partial charge in [0.25, 0.3) is 0 Å². The quantitative estimate of drug-likeness (QED) is 0.764. The maximum atomic E-state index is 9.80. The minimum absolute atomic E-state index is 0.223. The molecule has 3 heteroatoms. The van der Waals surface area contributed by atoms with Gasteiger partial charge in [-0.2, -0.15) is 5.26 Å². The van der Waals surface area contributed by atoms with Crippen molar-refractivity contribution in [2.75, 3.05) is 0 Å². The number of nitrogens with zero attached hydrogens (tertiary/aromatic N) is 1. The highest BCUT2D eigenvalue weighted by atomic mass is 16.3. The fourth-order valence-corrected chi connectivity index (χ4v) is 1.40. The van der Waals surface area contributed by atoms with Crippen LogP contribution in [-0.2, 0) is 6.42 Å². The van der Waals surface area contributed by atoms with Crippen LogP contribution in [-0.4, -0.2) is 5.11 Å². The molecular formula is C11H14N2O. The van der Waals surface area contributed by atoms with Crippen LogP contribution in [0.25, 0.3) is 0 Å². The molecule has 0 aliphatic rings. The zero-order valence-corrected chi connectivity index (χ0v) is 8.20. The standard InChI is InChI=1S/C11H14N2O/c1-2-8-4-3-5-9(11(8)14)10(13)6-7-12/h3-5,10,14H,2,6,13H2,1H3/t10-/m0/s1.